The van der Waals surface area contributed by atoms with Gasteiger partial charge in [0.1, 0.15) is 0 Å². The normalized spacial score (nSPS) is 12.3. The summed E-state index contributed by atoms with van der Waals surface area (Å²) in [6.45, 7) is 3.72. The highest BCUT2D eigenvalue weighted by Gasteiger charge is 2.25. The second-order valence-electron chi connectivity index (χ2n) is 4.73. The second-order valence-corrected chi connectivity index (χ2v) is 8.40. The van der Waals surface area contributed by atoms with Crippen molar-refractivity contribution in [3.05, 3.63) is 27.1 Å². The van der Waals surface area contributed by atoms with Crippen LogP contribution >= 0.6 is 31.9 Å². The van der Waals surface area contributed by atoms with Crippen LogP contribution in [0.1, 0.15) is 13.3 Å². The van der Waals surface area contributed by atoms with Gasteiger partial charge in [-0.05, 0) is 61.2 Å². The number of halogens is 2. The lowest BCUT2D eigenvalue weighted by Gasteiger charge is -2.22. The topological polar surface area (TPSA) is 40.6 Å². The molecule has 0 bridgehead atoms. The zero-order valence-electron chi connectivity index (χ0n) is 11.9. The second kappa shape index (κ2) is 7.89. The Morgan fingerprint density at radius 1 is 1.15 bits per heavy atom. The monoisotopic (exact) mass is 426 g/mol. The van der Waals surface area contributed by atoms with Crippen LogP contribution in [0.4, 0.5) is 0 Å². The van der Waals surface area contributed by atoms with Gasteiger partial charge in [-0.25, -0.2) is 8.42 Å². The molecule has 114 valence electrons. The van der Waals surface area contributed by atoms with Crippen LogP contribution in [-0.2, 0) is 10.0 Å². The lowest BCUT2D eigenvalue weighted by Crippen LogP contribution is -2.33. The van der Waals surface area contributed by atoms with Crippen molar-refractivity contribution in [2.24, 2.45) is 0 Å². The molecule has 0 saturated heterocycles. The molecule has 0 aliphatic heterocycles. The summed E-state index contributed by atoms with van der Waals surface area (Å²) in [6.07, 6.45) is 0.811. The quantitative estimate of drug-likeness (QED) is 0.670. The molecule has 0 unspecified atom stereocenters. The maximum absolute atomic E-state index is 12.7. The molecule has 1 aromatic rings. The van der Waals surface area contributed by atoms with Gasteiger partial charge in [0.05, 0.1) is 4.90 Å². The summed E-state index contributed by atoms with van der Waals surface area (Å²) in [5.41, 5.74) is 0. The van der Waals surface area contributed by atoms with Gasteiger partial charge in [-0.15, -0.1) is 0 Å². The fraction of sp³-hybridized carbons (Fsp3) is 0.538. The zero-order chi connectivity index (χ0) is 15.3. The Labute approximate surface area is 138 Å². The van der Waals surface area contributed by atoms with Crippen LogP contribution in [0.25, 0.3) is 0 Å². The summed E-state index contributed by atoms with van der Waals surface area (Å²) >= 11 is 6.64. The Balaban J connectivity index is 2.97. The molecular weight excluding hydrogens is 408 g/mol. The van der Waals surface area contributed by atoms with Crippen LogP contribution < -0.4 is 0 Å². The van der Waals surface area contributed by atoms with Gasteiger partial charge < -0.3 is 4.90 Å². The van der Waals surface area contributed by atoms with Crippen molar-refractivity contribution in [2.45, 2.75) is 18.2 Å². The average Bonchev–Trinajstić information content (AvgIpc) is 2.36. The molecule has 1 rings (SSSR count). The van der Waals surface area contributed by atoms with Gasteiger partial charge in [-0.3, -0.25) is 0 Å². The molecule has 0 aliphatic rings. The highest BCUT2D eigenvalue weighted by molar-refractivity contribution is 9.11. The maximum atomic E-state index is 12.7. The summed E-state index contributed by atoms with van der Waals surface area (Å²) in [7, 11) is 0.499. The largest absolute Gasteiger partial charge is 0.309 e. The minimum atomic E-state index is -3.46. The lowest BCUT2D eigenvalue weighted by atomic mass is 10.4. The third kappa shape index (κ3) is 4.80. The van der Waals surface area contributed by atoms with Gasteiger partial charge in [0.15, 0.2) is 0 Å². The summed E-state index contributed by atoms with van der Waals surface area (Å²) < 4.78 is 28.2. The van der Waals surface area contributed by atoms with E-state index in [9.17, 15) is 8.42 Å². The minimum Gasteiger partial charge on any atom is -0.309 e. The number of nitrogens with zero attached hydrogens (tertiary/aromatic N) is 2. The molecule has 0 fully saturated rings. The molecule has 1 aromatic carbocycles. The first-order valence-electron chi connectivity index (χ1n) is 6.39. The SMILES string of the molecule is CCN(CCCN(C)C)S(=O)(=O)c1cc(Br)ccc1Br. The first kappa shape index (κ1) is 18.1. The maximum Gasteiger partial charge on any atom is 0.244 e. The summed E-state index contributed by atoms with van der Waals surface area (Å²) in [5, 5.41) is 0. The molecule has 0 spiro atoms. The van der Waals surface area contributed by atoms with E-state index in [1.54, 1.807) is 12.1 Å². The molecule has 4 nitrogen and oxygen atoms in total. The van der Waals surface area contributed by atoms with Crippen LogP contribution in [0.15, 0.2) is 32.0 Å². The van der Waals surface area contributed by atoms with Crippen molar-refractivity contribution in [2.75, 3.05) is 33.7 Å². The van der Waals surface area contributed by atoms with E-state index in [4.69, 9.17) is 0 Å². The molecule has 0 N–H and O–H groups in total. The molecule has 0 aliphatic carbocycles. The summed E-state index contributed by atoms with van der Waals surface area (Å²) in [5.74, 6) is 0. The van der Waals surface area contributed by atoms with E-state index in [2.05, 4.69) is 36.8 Å². The van der Waals surface area contributed by atoms with Crippen molar-refractivity contribution in [3.63, 3.8) is 0 Å². The number of rotatable bonds is 7. The Morgan fingerprint density at radius 3 is 2.35 bits per heavy atom. The lowest BCUT2D eigenvalue weighted by molar-refractivity contribution is 0.356. The Hall–Kier alpha value is 0.0500. The molecule has 0 amide bonds. The Kier molecular flexibility index (Phi) is 7.14. The van der Waals surface area contributed by atoms with Crippen molar-refractivity contribution >= 4 is 41.9 Å². The Bertz CT molecular complexity index is 547. The fourth-order valence-corrected chi connectivity index (χ4v) is 4.78. The van der Waals surface area contributed by atoms with Crippen molar-refractivity contribution in [1.29, 1.82) is 0 Å². The van der Waals surface area contributed by atoms with Gasteiger partial charge in [0, 0.05) is 22.0 Å². The number of hydrogen-bond acceptors (Lipinski definition) is 3. The van der Waals surface area contributed by atoms with Crippen LogP contribution in [0, 0.1) is 0 Å². The van der Waals surface area contributed by atoms with Crippen molar-refractivity contribution in [1.82, 2.24) is 9.21 Å². The predicted molar refractivity (Wildman–Crippen MR) is 89.4 cm³/mol. The highest BCUT2D eigenvalue weighted by Crippen LogP contribution is 2.28. The van der Waals surface area contributed by atoms with E-state index >= 15 is 0 Å². The van der Waals surface area contributed by atoms with Gasteiger partial charge in [-0.2, -0.15) is 4.31 Å². The zero-order valence-corrected chi connectivity index (χ0v) is 15.9. The highest BCUT2D eigenvalue weighted by atomic mass is 79.9. The van der Waals surface area contributed by atoms with Crippen LogP contribution in [0.3, 0.4) is 0 Å². The van der Waals surface area contributed by atoms with Crippen molar-refractivity contribution in [3.8, 4) is 0 Å². The smallest absolute Gasteiger partial charge is 0.244 e. The number of hydrogen-bond donors (Lipinski definition) is 0. The standard InChI is InChI=1S/C13H20Br2N2O2S/c1-4-17(9-5-8-16(2)3)20(18,19)13-10-11(14)6-7-12(13)15/h6-7,10H,4-5,8-9H2,1-3H3. The molecular formula is C13H20Br2N2O2S. The van der Waals surface area contributed by atoms with E-state index < -0.39 is 10.0 Å². The first-order valence-corrected chi connectivity index (χ1v) is 9.41. The molecule has 0 aromatic heterocycles. The molecule has 20 heavy (non-hydrogen) atoms. The predicted octanol–water partition coefficient (Wildman–Crippen LogP) is 3.17. The molecule has 0 saturated carbocycles. The van der Waals surface area contributed by atoms with Crippen LogP contribution in [0.2, 0.25) is 0 Å². The molecule has 0 atom stereocenters. The van der Waals surface area contributed by atoms with E-state index in [0.29, 0.717) is 22.5 Å². The van der Waals surface area contributed by atoms with Crippen molar-refractivity contribution < 1.29 is 8.42 Å². The minimum absolute atomic E-state index is 0.304. The van der Waals surface area contributed by atoms with E-state index in [0.717, 1.165) is 17.4 Å². The van der Waals surface area contributed by atoms with E-state index in [1.165, 1.54) is 4.31 Å². The summed E-state index contributed by atoms with van der Waals surface area (Å²) in [6, 6.07) is 5.18. The molecule has 7 heteroatoms. The third-order valence-corrected chi connectivity index (χ3v) is 6.34. The first-order chi connectivity index (χ1) is 9.28. The van der Waals surface area contributed by atoms with Crippen LogP contribution in [0.5, 0.6) is 0 Å². The van der Waals surface area contributed by atoms with E-state index in [-0.39, 0.29) is 0 Å². The van der Waals surface area contributed by atoms with Gasteiger partial charge in [-0.1, -0.05) is 22.9 Å². The fourth-order valence-electron chi connectivity index (χ4n) is 1.83. The van der Waals surface area contributed by atoms with Gasteiger partial charge in [0.2, 0.25) is 10.0 Å². The average molecular weight is 428 g/mol. The number of sulfonamides is 1. The van der Waals surface area contributed by atoms with Gasteiger partial charge in [0.25, 0.3) is 0 Å². The summed E-state index contributed by atoms with van der Waals surface area (Å²) in [4.78, 5) is 2.36. The van der Waals surface area contributed by atoms with E-state index in [1.807, 2.05) is 27.1 Å². The third-order valence-electron chi connectivity index (χ3n) is 2.88. The molecule has 0 heterocycles. The van der Waals surface area contributed by atoms with Crippen LogP contribution in [-0.4, -0.2) is 51.4 Å². The molecule has 0 radical (unpaired) electrons. The van der Waals surface area contributed by atoms with Gasteiger partial charge >= 0.3 is 0 Å². The Morgan fingerprint density at radius 2 is 1.80 bits per heavy atom. The number of benzene rings is 1.